The van der Waals surface area contributed by atoms with E-state index in [1.54, 1.807) is 6.07 Å². The molecule has 0 radical (unpaired) electrons. The number of amides is 1. The lowest BCUT2D eigenvalue weighted by atomic mass is 10.0. The number of hydrogen-bond acceptors (Lipinski definition) is 1. The second-order valence-electron chi connectivity index (χ2n) is 6.07. The highest BCUT2D eigenvalue weighted by Gasteiger charge is 2.29. The third-order valence-electron chi connectivity index (χ3n) is 4.39. The second kappa shape index (κ2) is 6.71. The molecule has 1 saturated heterocycles. The fourth-order valence-electron chi connectivity index (χ4n) is 3.13. The van der Waals surface area contributed by atoms with Gasteiger partial charge in [-0.3, -0.25) is 4.79 Å². The molecule has 0 unspecified atom stereocenters. The molecule has 0 N–H and O–H groups in total. The Morgan fingerprint density at radius 1 is 1.26 bits per heavy atom. The van der Waals surface area contributed by atoms with Crippen molar-refractivity contribution in [2.24, 2.45) is 0 Å². The van der Waals surface area contributed by atoms with Crippen molar-refractivity contribution in [3.05, 3.63) is 70.0 Å². The van der Waals surface area contributed by atoms with Gasteiger partial charge in [0.2, 0.25) is 5.91 Å². The van der Waals surface area contributed by atoms with Gasteiger partial charge in [0, 0.05) is 11.6 Å². The lowest BCUT2D eigenvalue weighted by Gasteiger charge is -2.25. The molecule has 1 heterocycles. The topological polar surface area (TPSA) is 20.3 Å². The van der Waals surface area contributed by atoms with Gasteiger partial charge in [0.25, 0.3) is 0 Å². The molecule has 4 heteroatoms. The van der Waals surface area contributed by atoms with Gasteiger partial charge in [0.1, 0.15) is 5.82 Å². The molecule has 1 aliphatic rings. The Kier molecular flexibility index (Phi) is 4.67. The molecule has 2 nitrogen and oxygen atoms in total. The molecule has 1 aliphatic heterocycles. The molecule has 0 saturated carbocycles. The number of aryl methyl sites for hydroxylation is 1. The molecule has 3 rings (SSSR count). The van der Waals surface area contributed by atoms with E-state index in [1.807, 2.05) is 4.90 Å². The molecule has 1 atom stereocenters. The van der Waals surface area contributed by atoms with Gasteiger partial charge in [-0.25, -0.2) is 4.39 Å². The third-order valence-corrected chi connectivity index (χ3v) is 4.74. The normalized spacial score (nSPS) is 17.5. The van der Waals surface area contributed by atoms with Crippen molar-refractivity contribution in [2.75, 3.05) is 6.54 Å². The Morgan fingerprint density at radius 3 is 2.70 bits per heavy atom. The summed E-state index contributed by atoms with van der Waals surface area (Å²) < 4.78 is 13.1. The molecule has 1 fully saturated rings. The number of rotatable bonds is 3. The summed E-state index contributed by atoms with van der Waals surface area (Å²) in [6.07, 6.45) is 2.19. The molecule has 0 spiro atoms. The third kappa shape index (κ3) is 3.56. The van der Waals surface area contributed by atoms with Gasteiger partial charge in [-0.15, -0.1) is 0 Å². The zero-order valence-corrected chi connectivity index (χ0v) is 13.8. The summed E-state index contributed by atoms with van der Waals surface area (Å²) in [7, 11) is 0. The summed E-state index contributed by atoms with van der Waals surface area (Å²) in [4.78, 5) is 14.6. The van der Waals surface area contributed by atoms with Crippen molar-refractivity contribution >= 4 is 17.5 Å². The Hall–Kier alpha value is -1.87. The lowest BCUT2D eigenvalue weighted by molar-refractivity contribution is -0.131. The predicted molar refractivity (Wildman–Crippen MR) is 90.0 cm³/mol. The lowest BCUT2D eigenvalue weighted by Crippen LogP contribution is -2.31. The molecule has 23 heavy (non-hydrogen) atoms. The van der Waals surface area contributed by atoms with Crippen molar-refractivity contribution in [3.8, 4) is 0 Å². The molecule has 2 aromatic carbocycles. The zero-order chi connectivity index (χ0) is 16.4. The Balaban J connectivity index is 1.76. The minimum atomic E-state index is -0.384. The van der Waals surface area contributed by atoms with Crippen LogP contribution in [0.5, 0.6) is 0 Å². The van der Waals surface area contributed by atoms with Gasteiger partial charge < -0.3 is 4.90 Å². The molecular formula is C19H19ClFNO. The Bertz CT molecular complexity index is 714. The minimum Gasteiger partial charge on any atom is -0.335 e. The van der Waals surface area contributed by atoms with Crippen molar-refractivity contribution in [3.63, 3.8) is 0 Å². The first-order chi connectivity index (χ1) is 11.0. The standard InChI is InChI=1S/C19H19ClFNO/c1-13-4-6-14(7-5-13)18-3-2-10-22(18)19(23)11-15-8-9-16(21)12-17(15)20/h4-9,12,18H,2-3,10-11H2,1H3/t18-/m0/s1. The Morgan fingerprint density at radius 2 is 2.00 bits per heavy atom. The summed E-state index contributed by atoms with van der Waals surface area (Å²) in [6.45, 7) is 2.81. The van der Waals surface area contributed by atoms with Crippen LogP contribution in [0.4, 0.5) is 4.39 Å². The number of carbonyl (C=O) groups is 1. The van der Waals surface area contributed by atoms with E-state index < -0.39 is 0 Å². The van der Waals surface area contributed by atoms with Crippen LogP contribution < -0.4 is 0 Å². The van der Waals surface area contributed by atoms with E-state index >= 15 is 0 Å². The van der Waals surface area contributed by atoms with Crippen LogP contribution in [-0.4, -0.2) is 17.4 Å². The largest absolute Gasteiger partial charge is 0.335 e. The highest BCUT2D eigenvalue weighted by Crippen LogP contribution is 2.33. The number of carbonyl (C=O) groups excluding carboxylic acids is 1. The molecular weight excluding hydrogens is 313 g/mol. The van der Waals surface area contributed by atoms with E-state index in [-0.39, 0.29) is 24.2 Å². The highest BCUT2D eigenvalue weighted by molar-refractivity contribution is 6.31. The number of halogens is 2. The monoisotopic (exact) mass is 331 g/mol. The van der Waals surface area contributed by atoms with Gasteiger partial charge in [-0.2, -0.15) is 0 Å². The van der Waals surface area contributed by atoms with Crippen LogP contribution in [0, 0.1) is 12.7 Å². The first kappa shape index (κ1) is 16.0. The quantitative estimate of drug-likeness (QED) is 0.798. The maximum atomic E-state index is 13.1. The van der Waals surface area contributed by atoms with Gasteiger partial charge >= 0.3 is 0 Å². The van der Waals surface area contributed by atoms with Crippen molar-refractivity contribution in [1.29, 1.82) is 0 Å². The molecule has 0 aromatic heterocycles. The molecule has 120 valence electrons. The van der Waals surface area contributed by atoms with E-state index in [4.69, 9.17) is 11.6 Å². The number of hydrogen-bond donors (Lipinski definition) is 0. The van der Waals surface area contributed by atoms with Crippen LogP contribution >= 0.6 is 11.6 Å². The van der Waals surface area contributed by atoms with Crippen LogP contribution in [0.25, 0.3) is 0 Å². The smallest absolute Gasteiger partial charge is 0.227 e. The summed E-state index contributed by atoms with van der Waals surface area (Å²) in [5.41, 5.74) is 3.06. The van der Waals surface area contributed by atoms with Crippen molar-refractivity contribution in [1.82, 2.24) is 4.90 Å². The maximum absolute atomic E-state index is 13.1. The van der Waals surface area contributed by atoms with E-state index in [0.29, 0.717) is 10.6 Å². The number of likely N-dealkylation sites (tertiary alicyclic amines) is 1. The zero-order valence-electron chi connectivity index (χ0n) is 13.1. The summed E-state index contributed by atoms with van der Waals surface area (Å²) in [5.74, 6) is -0.341. The average Bonchev–Trinajstić information content (AvgIpc) is 3.00. The predicted octanol–water partition coefficient (Wildman–Crippen LogP) is 4.69. The van der Waals surface area contributed by atoms with Crippen molar-refractivity contribution in [2.45, 2.75) is 32.2 Å². The van der Waals surface area contributed by atoms with Crippen LogP contribution in [0.3, 0.4) is 0 Å². The number of nitrogens with zero attached hydrogens (tertiary/aromatic N) is 1. The van der Waals surface area contributed by atoms with Gasteiger partial charge in [-0.05, 0) is 43.0 Å². The van der Waals surface area contributed by atoms with E-state index in [9.17, 15) is 9.18 Å². The van der Waals surface area contributed by atoms with Gasteiger partial charge in [0.15, 0.2) is 0 Å². The van der Waals surface area contributed by atoms with Crippen LogP contribution in [0.1, 0.15) is 35.6 Å². The SMILES string of the molecule is Cc1ccc([C@@H]2CCCN2C(=O)Cc2ccc(F)cc2Cl)cc1. The highest BCUT2D eigenvalue weighted by atomic mass is 35.5. The first-order valence-electron chi connectivity index (χ1n) is 7.84. The van der Waals surface area contributed by atoms with Crippen LogP contribution in [0.15, 0.2) is 42.5 Å². The maximum Gasteiger partial charge on any atom is 0.227 e. The number of benzene rings is 2. The minimum absolute atomic E-state index is 0.0431. The van der Waals surface area contributed by atoms with Gasteiger partial charge in [0.05, 0.1) is 12.5 Å². The van der Waals surface area contributed by atoms with E-state index in [2.05, 4.69) is 31.2 Å². The van der Waals surface area contributed by atoms with E-state index in [0.717, 1.165) is 19.4 Å². The molecule has 0 bridgehead atoms. The Labute approximate surface area is 140 Å². The molecule has 2 aromatic rings. The summed E-state index contributed by atoms with van der Waals surface area (Å²) in [6, 6.07) is 12.7. The first-order valence-corrected chi connectivity index (χ1v) is 8.22. The van der Waals surface area contributed by atoms with Gasteiger partial charge in [-0.1, -0.05) is 47.5 Å². The fraction of sp³-hybridized carbons (Fsp3) is 0.316. The second-order valence-corrected chi connectivity index (χ2v) is 6.48. The summed E-state index contributed by atoms with van der Waals surface area (Å²) in [5, 5.41) is 0.310. The van der Waals surface area contributed by atoms with Crippen LogP contribution in [0.2, 0.25) is 5.02 Å². The summed E-state index contributed by atoms with van der Waals surface area (Å²) >= 11 is 6.04. The average molecular weight is 332 g/mol. The molecule has 0 aliphatic carbocycles. The van der Waals surface area contributed by atoms with Crippen molar-refractivity contribution < 1.29 is 9.18 Å². The van der Waals surface area contributed by atoms with E-state index in [1.165, 1.54) is 23.3 Å². The van der Waals surface area contributed by atoms with Crippen LogP contribution in [-0.2, 0) is 11.2 Å². The molecule has 1 amide bonds. The fourth-order valence-corrected chi connectivity index (χ4v) is 3.36.